The standard InChI is InChI=1S/C27H35BrCl2N2O3/c1-8-22(25(34)31-27(5,6)7)32(15-17-9-11-20(29)21(30)13-17)24(33)16-35-23-12-10-18(14-19(23)28)26(2,3)4/h9-14,22H,8,15-16H2,1-7H3,(H,31,34). The molecule has 5 nitrogen and oxygen atoms in total. The lowest BCUT2D eigenvalue weighted by Crippen LogP contribution is -2.54. The van der Waals surface area contributed by atoms with E-state index in [2.05, 4.69) is 42.0 Å². The smallest absolute Gasteiger partial charge is 0.261 e. The number of carbonyl (C=O) groups is 2. The lowest BCUT2D eigenvalue weighted by molar-refractivity contribution is -0.143. The first kappa shape index (κ1) is 29.5. The Morgan fingerprint density at radius 1 is 1.03 bits per heavy atom. The average Bonchev–Trinajstić information content (AvgIpc) is 2.73. The number of hydrogen-bond acceptors (Lipinski definition) is 3. The van der Waals surface area contributed by atoms with Crippen LogP contribution in [0.25, 0.3) is 0 Å². The van der Waals surface area contributed by atoms with Crippen molar-refractivity contribution in [1.82, 2.24) is 10.2 Å². The number of benzene rings is 2. The normalized spacial score (nSPS) is 12.7. The van der Waals surface area contributed by atoms with Crippen molar-refractivity contribution >= 4 is 50.9 Å². The topological polar surface area (TPSA) is 58.6 Å². The molecule has 2 amide bonds. The molecule has 0 saturated carbocycles. The summed E-state index contributed by atoms with van der Waals surface area (Å²) >= 11 is 15.8. The number of hydrogen-bond donors (Lipinski definition) is 1. The molecule has 1 N–H and O–H groups in total. The van der Waals surface area contributed by atoms with Gasteiger partial charge in [-0.2, -0.15) is 0 Å². The van der Waals surface area contributed by atoms with Gasteiger partial charge in [-0.15, -0.1) is 0 Å². The molecule has 2 rings (SSSR count). The van der Waals surface area contributed by atoms with E-state index >= 15 is 0 Å². The second kappa shape index (κ2) is 12.0. The van der Waals surface area contributed by atoms with Crippen molar-refractivity contribution in [2.45, 2.75) is 78.4 Å². The molecule has 0 saturated heterocycles. The fourth-order valence-corrected chi connectivity index (χ4v) is 4.33. The van der Waals surface area contributed by atoms with Crippen molar-refractivity contribution < 1.29 is 14.3 Å². The van der Waals surface area contributed by atoms with Crippen LogP contribution in [0, 0.1) is 0 Å². The van der Waals surface area contributed by atoms with Crippen molar-refractivity contribution in [3.05, 3.63) is 62.0 Å². The highest BCUT2D eigenvalue weighted by Gasteiger charge is 2.31. The minimum atomic E-state index is -0.675. The van der Waals surface area contributed by atoms with Crippen molar-refractivity contribution in [1.29, 1.82) is 0 Å². The van der Waals surface area contributed by atoms with Crippen LogP contribution in [0.5, 0.6) is 5.75 Å². The molecular formula is C27H35BrCl2N2O3. The van der Waals surface area contributed by atoms with Gasteiger partial charge in [0.25, 0.3) is 5.91 Å². The van der Waals surface area contributed by atoms with Crippen LogP contribution in [0.3, 0.4) is 0 Å². The fourth-order valence-electron chi connectivity index (χ4n) is 3.51. The molecule has 0 aliphatic rings. The van der Waals surface area contributed by atoms with E-state index in [1.54, 1.807) is 18.2 Å². The molecular weight excluding hydrogens is 551 g/mol. The SMILES string of the molecule is CCC(C(=O)NC(C)(C)C)N(Cc1ccc(Cl)c(Cl)c1)C(=O)COc1ccc(C(C)(C)C)cc1Br. The minimum absolute atomic E-state index is 0.0116. The summed E-state index contributed by atoms with van der Waals surface area (Å²) in [6, 6.07) is 10.4. The van der Waals surface area contributed by atoms with Crippen LogP contribution >= 0.6 is 39.1 Å². The second-order valence-electron chi connectivity index (χ2n) is 10.6. The quantitative estimate of drug-likeness (QED) is 0.358. The molecule has 0 radical (unpaired) electrons. The van der Waals surface area contributed by atoms with Gasteiger partial charge in [-0.1, -0.05) is 63.0 Å². The summed E-state index contributed by atoms with van der Waals surface area (Å²) in [6.45, 7) is 14.0. The number of nitrogens with one attached hydrogen (secondary N) is 1. The van der Waals surface area contributed by atoms with Gasteiger partial charge in [-0.05, 0) is 83.9 Å². The van der Waals surface area contributed by atoms with E-state index < -0.39 is 11.6 Å². The molecule has 0 fully saturated rings. The molecule has 0 aromatic heterocycles. The Bertz CT molecular complexity index is 1060. The van der Waals surface area contributed by atoms with E-state index in [4.69, 9.17) is 27.9 Å². The number of carbonyl (C=O) groups excluding carboxylic acids is 2. The van der Waals surface area contributed by atoms with Gasteiger partial charge in [-0.3, -0.25) is 9.59 Å². The highest BCUT2D eigenvalue weighted by molar-refractivity contribution is 9.10. The summed E-state index contributed by atoms with van der Waals surface area (Å²) in [5, 5.41) is 3.81. The summed E-state index contributed by atoms with van der Waals surface area (Å²) in [6.07, 6.45) is 0.443. The molecule has 0 heterocycles. The van der Waals surface area contributed by atoms with E-state index in [0.29, 0.717) is 22.2 Å². The van der Waals surface area contributed by atoms with E-state index in [1.807, 2.05) is 45.9 Å². The van der Waals surface area contributed by atoms with Crippen LogP contribution in [0.2, 0.25) is 10.0 Å². The van der Waals surface area contributed by atoms with Gasteiger partial charge in [-0.25, -0.2) is 0 Å². The van der Waals surface area contributed by atoms with Crippen molar-refractivity contribution in [2.75, 3.05) is 6.61 Å². The third-order valence-electron chi connectivity index (χ3n) is 5.37. The lowest BCUT2D eigenvalue weighted by atomic mass is 9.87. The summed E-state index contributed by atoms with van der Waals surface area (Å²) < 4.78 is 6.66. The first-order valence-electron chi connectivity index (χ1n) is 11.6. The first-order chi connectivity index (χ1) is 16.1. The molecule has 8 heteroatoms. The van der Waals surface area contributed by atoms with Crippen molar-refractivity contribution in [3.63, 3.8) is 0 Å². The van der Waals surface area contributed by atoms with Crippen LogP contribution in [0.4, 0.5) is 0 Å². The monoisotopic (exact) mass is 584 g/mol. The van der Waals surface area contributed by atoms with E-state index in [9.17, 15) is 9.59 Å². The second-order valence-corrected chi connectivity index (χ2v) is 12.3. The zero-order chi connectivity index (χ0) is 26.6. The molecule has 1 unspecified atom stereocenters. The lowest BCUT2D eigenvalue weighted by Gasteiger charge is -2.33. The van der Waals surface area contributed by atoms with E-state index in [1.165, 1.54) is 4.90 Å². The Morgan fingerprint density at radius 2 is 1.69 bits per heavy atom. The Labute approximate surface area is 227 Å². The van der Waals surface area contributed by atoms with E-state index in [0.717, 1.165) is 15.6 Å². The molecule has 0 bridgehead atoms. The van der Waals surface area contributed by atoms with Gasteiger partial charge < -0.3 is 15.0 Å². The van der Waals surface area contributed by atoms with Crippen LogP contribution in [0.1, 0.15) is 66.0 Å². The zero-order valence-electron chi connectivity index (χ0n) is 21.5. The molecule has 0 aliphatic carbocycles. The van der Waals surface area contributed by atoms with Gasteiger partial charge in [0, 0.05) is 12.1 Å². The Morgan fingerprint density at radius 3 is 2.20 bits per heavy atom. The number of halogens is 3. The van der Waals surface area contributed by atoms with Gasteiger partial charge in [0.15, 0.2) is 6.61 Å². The molecule has 1 atom stereocenters. The molecule has 35 heavy (non-hydrogen) atoms. The minimum Gasteiger partial charge on any atom is -0.483 e. The van der Waals surface area contributed by atoms with Gasteiger partial charge in [0.1, 0.15) is 11.8 Å². The number of amides is 2. The van der Waals surface area contributed by atoms with Crippen LogP contribution in [0.15, 0.2) is 40.9 Å². The van der Waals surface area contributed by atoms with Crippen LogP contribution in [-0.4, -0.2) is 34.9 Å². The van der Waals surface area contributed by atoms with Crippen molar-refractivity contribution in [2.24, 2.45) is 0 Å². The largest absolute Gasteiger partial charge is 0.483 e. The Kier molecular flexibility index (Phi) is 10.1. The maximum atomic E-state index is 13.4. The Hall–Kier alpha value is -1.76. The summed E-state index contributed by atoms with van der Waals surface area (Å²) in [5.41, 5.74) is 1.47. The molecule has 0 spiro atoms. The summed E-state index contributed by atoms with van der Waals surface area (Å²) in [4.78, 5) is 28.1. The number of nitrogens with zero attached hydrogens (tertiary/aromatic N) is 1. The fraction of sp³-hybridized carbons (Fsp3) is 0.481. The average molecular weight is 586 g/mol. The summed E-state index contributed by atoms with van der Waals surface area (Å²) in [5.74, 6) is 0.0379. The molecule has 2 aromatic rings. The van der Waals surface area contributed by atoms with Crippen LogP contribution in [-0.2, 0) is 21.5 Å². The van der Waals surface area contributed by atoms with Gasteiger partial charge >= 0.3 is 0 Å². The van der Waals surface area contributed by atoms with Crippen molar-refractivity contribution in [3.8, 4) is 5.75 Å². The number of rotatable bonds is 8. The third-order valence-corrected chi connectivity index (χ3v) is 6.73. The predicted molar refractivity (Wildman–Crippen MR) is 147 cm³/mol. The Balaban J connectivity index is 2.29. The first-order valence-corrected chi connectivity index (χ1v) is 13.2. The highest BCUT2D eigenvalue weighted by atomic mass is 79.9. The molecule has 0 aliphatic heterocycles. The number of ether oxygens (including phenoxy) is 1. The molecule has 2 aromatic carbocycles. The van der Waals surface area contributed by atoms with Gasteiger partial charge in [0.2, 0.25) is 5.91 Å². The van der Waals surface area contributed by atoms with Crippen LogP contribution < -0.4 is 10.1 Å². The highest BCUT2D eigenvalue weighted by Crippen LogP contribution is 2.31. The maximum absolute atomic E-state index is 13.4. The summed E-state index contributed by atoms with van der Waals surface area (Å²) in [7, 11) is 0. The molecule has 192 valence electrons. The maximum Gasteiger partial charge on any atom is 0.261 e. The third kappa shape index (κ3) is 8.69. The van der Waals surface area contributed by atoms with E-state index in [-0.39, 0.29) is 30.4 Å². The predicted octanol–water partition coefficient (Wildman–Crippen LogP) is 7.15. The van der Waals surface area contributed by atoms with Gasteiger partial charge in [0.05, 0.1) is 14.5 Å². The zero-order valence-corrected chi connectivity index (χ0v) is 24.6.